The van der Waals surface area contributed by atoms with E-state index in [0.717, 1.165) is 0 Å². The summed E-state index contributed by atoms with van der Waals surface area (Å²) >= 11 is 2.00. The van der Waals surface area contributed by atoms with Gasteiger partial charge in [0.05, 0.1) is 0 Å². The molecule has 2 heteroatoms. The molecule has 0 saturated heterocycles. The van der Waals surface area contributed by atoms with Crippen LogP contribution in [0, 0.1) is 0 Å². The summed E-state index contributed by atoms with van der Waals surface area (Å²) in [5.74, 6) is 0. The third-order valence-electron chi connectivity index (χ3n) is 10.7. The summed E-state index contributed by atoms with van der Waals surface area (Å²) in [6, 6.07) is 65.6. The van der Waals surface area contributed by atoms with Gasteiger partial charge >= 0.3 is 313 Å². The van der Waals surface area contributed by atoms with E-state index in [2.05, 4.69) is 181 Å². The number of fused-ring (bicyclic) bond motifs is 7. The molecule has 2 aromatic heterocycles. The van der Waals surface area contributed by atoms with Crippen LogP contribution in [-0.2, 0) is 0 Å². The van der Waals surface area contributed by atoms with E-state index in [1.165, 1.54) is 106 Å². The van der Waals surface area contributed by atoms with Crippen LogP contribution < -0.4 is 0 Å². The van der Waals surface area contributed by atoms with Crippen LogP contribution in [0.3, 0.4) is 0 Å². The topological polar surface area (TPSA) is 0 Å². The Hall–Kier alpha value is -5.76. The first-order valence-electron chi connectivity index (χ1n) is 17.8. The number of thiophene rings is 1. The minimum atomic E-state index is 0.176. The van der Waals surface area contributed by atoms with Gasteiger partial charge in [-0.25, -0.2) is 0 Å². The Bertz CT molecular complexity index is 3050. The fourth-order valence-electron chi connectivity index (χ4n) is 8.61. The molecule has 0 spiro atoms. The summed E-state index contributed by atoms with van der Waals surface area (Å²) in [5.41, 5.74) is 9.20. The van der Waals surface area contributed by atoms with Crippen molar-refractivity contribution in [1.82, 2.24) is 0 Å². The summed E-state index contributed by atoms with van der Waals surface area (Å²) in [5, 5.41) is 15.4. The van der Waals surface area contributed by atoms with E-state index in [-0.39, 0.29) is 14.5 Å². The molecule has 242 valence electrons. The predicted octanol–water partition coefficient (Wildman–Crippen LogP) is 14.4. The zero-order chi connectivity index (χ0) is 34.2. The molecule has 52 heavy (non-hydrogen) atoms. The molecule has 0 aliphatic carbocycles. The molecule has 2 heterocycles. The van der Waals surface area contributed by atoms with Gasteiger partial charge in [0.1, 0.15) is 0 Å². The molecule has 0 atom stereocenters. The summed E-state index contributed by atoms with van der Waals surface area (Å²) < 4.78 is 2.94. The van der Waals surface area contributed by atoms with Crippen molar-refractivity contribution in [1.29, 1.82) is 0 Å². The van der Waals surface area contributed by atoms with Crippen LogP contribution in [0.2, 0.25) is 0 Å². The van der Waals surface area contributed by atoms with Crippen molar-refractivity contribution in [2.45, 2.75) is 0 Å². The van der Waals surface area contributed by atoms with Gasteiger partial charge in [-0.15, -0.1) is 0 Å². The van der Waals surface area contributed by atoms with Crippen LogP contribution >= 0.6 is 11.3 Å². The second-order valence-corrected chi connectivity index (χ2v) is 16.7. The third-order valence-corrected chi connectivity index (χ3v) is 14.2. The molecule has 0 nitrogen and oxygen atoms in total. The van der Waals surface area contributed by atoms with Gasteiger partial charge in [0.2, 0.25) is 0 Å². The maximum atomic E-state index is 2.49. The molecule has 0 aliphatic rings. The Morgan fingerprint density at radius 3 is 1.38 bits per heavy atom. The van der Waals surface area contributed by atoms with Crippen LogP contribution in [0.15, 0.2) is 181 Å². The van der Waals surface area contributed by atoms with Crippen LogP contribution in [0.1, 0.15) is 0 Å². The first-order valence-corrected chi connectivity index (χ1v) is 20.3. The number of rotatable bonds is 4. The molecule has 0 bridgehead atoms. The van der Waals surface area contributed by atoms with Crippen LogP contribution in [0.25, 0.3) is 106 Å². The van der Waals surface area contributed by atoms with E-state index in [4.69, 9.17) is 0 Å². The summed E-state index contributed by atoms with van der Waals surface area (Å²) in [7, 11) is 0. The Morgan fingerprint density at radius 2 is 0.827 bits per heavy atom. The molecule has 11 rings (SSSR count). The van der Waals surface area contributed by atoms with Crippen molar-refractivity contribution >= 4 is 88.2 Å². The van der Waals surface area contributed by atoms with E-state index in [1.54, 1.807) is 0 Å². The van der Waals surface area contributed by atoms with Crippen molar-refractivity contribution < 1.29 is 0 Å². The Labute approximate surface area is 311 Å². The van der Waals surface area contributed by atoms with Crippen LogP contribution in [-0.4, -0.2) is 14.5 Å². The fourth-order valence-corrected chi connectivity index (χ4v) is 11.9. The van der Waals surface area contributed by atoms with Gasteiger partial charge in [-0.3, -0.25) is 0 Å². The average molecular weight is 742 g/mol. The first kappa shape index (κ1) is 29.9. The molecule has 0 saturated carbocycles. The van der Waals surface area contributed by atoms with Gasteiger partial charge < -0.3 is 0 Å². The number of hydrogen-bond acceptors (Lipinski definition) is 1. The Morgan fingerprint density at radius 1 is 0.327 bits per heavy atom. The van der Waals surface area contributed by atoms with E-state index < -0.39 is 0 Å². The van der Waals surface area contributed by atoms with Gasteiger partial charge in [0.15, 0.2) is 0 Å². The fraction of sp³-hybridized carbons (Fsp3) is 0. The van der Waals surface area contributed by atoms with Crippen molar-refractivity contribution in [3.8, 4) is 43.8 Å². The molecule has 9 aromatic carbocycles. The van der Waals surface area contributed by atoms with Gasteiger partial charge in [-0.2, -0.15) is 0 Å². The normalized spacial score (nSPS) is 11.8. The van der Waals surface area contributed by atoms with Crippen molar-refractivity contribution in [2.75, 3.05) is 0 Å². The molecule has 0 unspecified atom stereocenters. The molecule has 0 aliphatic heterocycles. The van der Waals surface area contributed by atoms with Crippen molar-refractivity contribution in [2.24, 2.45) is 0 Å². The van der Waals surface area contributed by atoms with Gasteiger partial charge in [-0.05, 0) is 0 Å². The first-order chi connectivity index (χ1) is 25.8. The molecule has 0 amide bonds. The molecular weight excluding hydrogens is 712 g/mol. The quantitative estimate of drug-likeness (QED) is 0.124. The summed E-state index contributed by atoms with van der Waals surface area (Å²) in [6.07, 6.45) is 0. The van der Waals surface area contributed by atoms with Crippen LogP contribution in [0.5, 0.6) is 0 Å². The SMILES string of the molecule is c1ccc(-c2c3ccccc3c(-c3ccc4[se]c5c(-c6c7ccccc7c(-c7cccs7)c7ccccc67)cccc5c4c3)c3ccccc23)cc1. The molecular formula is C50H30SSe. The van der Waals surface area contributed by atoms with Crippen molar-refractivity contribution in [3.63, 3.8) is 0 Å². The summed E-state index contributed by atoms with van der Waals surface area (Å²) in [4.78, 5) is 1.32. The molecule has 0 radical (unpaired) electrons. The second-order valence-electron chi connectivity index (χ2n) is 13.5. The van der Waals surface area contributed by atoms with Gasteiger partial charge in [0, 0.05) is 0 Å². The minimum absolute atomic E-state index is 0.176. The second kappa shape index (κ2) is 11.9. The van der Waals surface area contributed by atoms with E-state index in [1.807, 2.05) is 11.3 Å². The number of benzene rings is 9. The molecule has 0 fully saturated rings. The predicted molar refractivity (Wildman–Crippen MR) is 228 cm³/mol. The van der Waals surface area contributed by atoms with Crippen LogP contribution in [0.4, 0.5) is 0 Å². The van der Waals surface area contributed by atoms with E-state index in [0.29, 0.717) is 0 Å². The molecule has 0 N–H and O–H groups in total. The average Bonchev–Trinajstić information content (AvgIpc) is 3.88. The van der Waals surface area contributed by atoms with E-state index >= 15 is 0 Å². The third kappa shape index (κ3) is 4.46. The molecule has 11 aromatic rings. The van der Waals surface area contributed by atoms with Gasteiger partial charge in [0.25, 0.3) is 0 Å². The number of hydrogen-bond donors (Lipinski definition) is 0. The van der Waals surface area contributed by atoms with Gasteiger partial charge in [-0.1, -0.05) is 0 Å². The Balaban J connectivity index is 1.18. The zero-order valence-electron chi connectivity index (χ0n) is 28.1. The van der Waals surface area contributed by atoms with Crippen molar-refractivity contribution in [3.05, 3.63) is 181 Å². The maximum absolute atomic E-state index is 2.49. The Kier molecular flexibility index (Phi) is 6.85. The standard InChI is InChI=1S/C50H30SSe/c1-2-14-31(15-3-1)46-33-16-4-6-18-35(33)47(36-19-7-5-17-34(36)46)32-27-28-45-43(30-32)41-24-12-25-42(50(41)52-45)48-37-20-8-10-22-39(37)49(44-26-13-29-51-44)40-23-11-9-21-38(40)48/h1-30H. The monoisotopic (exact) mass is 742 g/mol. The summed E-state index contributed by atoms with van der Waals surface area (Å²) in [6.45, 7) is 0. The van der Waals surface area contributed by atoms with E-state index in [9.17, 15) is 0 Å². The zero-order valence-corrected chi connectivity index (χ0v) is 30.7.